The van der Waals surface area contributed by atoms with Gasteiger partial charge in [-0.05, 0) is 31.2 Å². The van der Waals surface area contributed by atoms with Gasteiger partial charge in [0.05, 0.1) is 11.8 Å². The Bertz CT molecular complexity index is 868. The number of rotatable bonds is 6. The molecule has 11 heteroatoms. The summed E-state index contributed by atoms with van der Waals surface area (Å²) in [6.45, 7) is -0.0377. The molecule has 1 unspecified atom stereocenters. The van der Waals surface area contributed by atoms with Crippen LogP contribution >= 0.6 is 11.6 Å². The van der Waals surface area contributed by atoms with Crippen LogP contribution in [0.15, 0.2) is 35.3 Å². The standard InChI is InChI=1S/C16H13ClF4N2O4/c1-9-12(16(19,20)21)6-22-23(15(9)25)13(17)7-27-14(24)8-26-11-4-2-10(18)3-5-11/h2-6,13H,7-8H2,1H3. The number of benzene rings is 1. The van der Waals surface area contributed by atoms with Gasteiger partial charge in [-0.2, -0.15) is 18.3 Å². The van der Waals surface area contributed by atoms with E-state index in [1.165, 1.54) is 12.1 Å². The third-order valence-corrected chi connectivity index (χ3v) is 3.68. The maximum absolute atomic E-state index is 12.7. The smallest absolute Gasteiger partial charge is 0.418 e. The lowest BCUT2D eigenvalue weighted by Crippen LogP contribution is -2.32. The van der Waals surface area contributed by atoms with Crippen LogP contribution in [-0.2, 0) is 15.7 Å². The summed E-state index contributed by atoms with van der Waals surface area (Å²) < 4.78 is 61.4. The van der Waals surface area contributed by atoms with Crippen LogP contribution < -0.4 is 10.3 Å². The fraction of sp³-hybridized carbons (Fsp3) is 0.312. The van der Waals surface area contributed by atoms with E-state index in [0.29, 0.717) is 10.9 Å². The third kappa shape index (κ3) is 5.43. The van der Waals surface area contributed by atoms with E-state index in [1.54, 1.807) is 0 Å². The average Bonchev–Trinajstić information content (AvgIpc) is 2.60. The second-order valence-electron chi connectivity index (χ2n) is 5.29. The topological polar surface area (TPSA) is 70.4 Å². The molecule has 0 bridgehead atoms. The summed E-state index contributed by atoms with van der Waals surface area (Å²) in [4.78, 5) is 23.6. The molecule has 0 aliphatic heterocycles. The Hall–Kier alpha value is -2.62. The number of hydrogen-bond acceptors (Lipinski definition) is 5. The summed E-state index contributed by atoms with van der Waals surface area (Å²) in [6, 6.07) is 4.89. The number of ether oxygens (including phenoxy) is 2. The zero-order valence-corrected chi connectivity index (χ0v) is 14.6. The molecule has 1 aromatic heterocycles. The Labute approximate surface area is 155 Å². The van der Waals surface area contributed by atoms with Gasteiger partial charge in [-0.1, -0.05) is 11.6 Å². The van der Waals surface area contributed by atoms with Crippen LogP contribution in [0, 0.1) is 12.7 Å². The molecular formula is C16H13ClF4N2O4. The van der Waals surface area contributed by atoms with Crippen LogP contribution in [0.3, 0.4) is 0 Å². The van der Waals surface area contributed by atoms with Crippen molar-refractivity contribution in [2.45, 2.75) is 18.6 Å². The zero-order valence-electron chi connectivity index (χ0n) is 13.8. The van der Waals surface area contributed by atoms with Gasteiger partial charge in [-0.15, -0.1) is 0 Å². The Balaban J connectivity index is 1.94. The van der Waals surface area contributed by atoms with E-state index in [4.69, 9.17) is 21.1 Å². The molecule has 0 spiro atoms. The second kappa shape index (κ2) is 8.38. The number of esters is 1. The molecule has 0 N–H and O–H groups in total. The van der Waals surface area contributed by atoms with Gasteiger partial charge in [-0.3, -0.25) is 4.79 Å². The number of carbonyl (C=O) groups is 1. The predicted molar refractivity (Wildman–Crippen MR) is 86.0 cm³/mol. The van der Waals surface area contributed by atoms with Crippen molar-refractivity contribution in [3.05, 3.63) is 57.8 Å². The molecule has 1 aromatic carbocycles. The van der Waals surface area contributed by atoms with Crippen LogP contribution in [0.5, 0.6) is 5.75 Å². The lowest BCUT2D eigenvalue weighted by molar-refractivity contribution is -0.146. The van der Waals surface area contributed by atoms with Crippen molar-refractivity contribution in [3.8, 4) is 5.75 Å². The number of halogens is 5. The molecule has 0 aliphatic carbocycles. The molecule has 6 nitrogen and oxygen atoms in total. The van der Waals surface area contributed by atoms with E-state index in [-0.39, 0.29) is 5.75 Å². The number of carbonyl (C=O) groups excluding carboxylic acids is 1. The van der Waals surface area contributed by atoms with E-state index in [0.717, 1.165) is 19.1 Å². The summed E-state index contributed by atoms with van der Waals surface area (Å²) >= 11 is 5.89. The van der Waals surface area contributed by atoms with Gasteiger partial charge in [0.1, 0.15) is 18.2 Å². The maximum atomic E-state index is 12.7. The number of aromatic nitrogens is 2. The van der Waals surface area contributed by atoms with E-state index in [2.05, 4.69) is 5.10 Å². The van der Waals surface area contributed by atoms with Crippen molar-refractivity contribution in [2.24, 2.45) is 0 Å². The molecule has 2 rings (SSSR count). The highest BCUT2D eigenvalue weighted by Gasteiger charge is 2.34. The highest BCUT2D eigenvalue weighted by molar-refractivity contribution is 6.19. The number of alkyl halides is 4. The van der Waals surface area contributed by atoms with Gasteiger partial charge in [0.2, 0.25) is 0 Å². The first-order valence-corrected chi connectivity index (χ1v) is 7.87. The van der Waals surface area contributed by atoms with E-state index in [1.807, 2.05) is 0 Å². The fourth-order valence-electron chi connectivity index (χ4n) is 1.99. The molecule has 0 radical (unpaired) electrons. The molecule has 0 saturated carbocycles. The monoisotopic (exact) mass is 408 g/mol. The first-order valence-electron chi connectivity index (χ1n) is 7.43. The molecule has 0 aliphatic rings. The average molecular weight is 409 g/mol. The van der Waals surface area contributed by atoms with Gasteiger partial charge in [-0.25, -0.2) is 13.9 Å². The zero-order chi connectivity index (χ0) is 20.2. The van der Waals surface area contributed by atoms with E-state index in [9.17, 15) is 27.2 Å². The molecule has 1 atom stereocenters. The van der Waals surface area contributed by atoms with Crippen molar-refractivity contribution in [3.63, 3.8) is 0 Å². The van der Waals surface area contributed by atoms with Gasteiger partial charge in [0, 0.05) is 5.56 Å². The molecular weight excluding hydrogens is 396 g/mol. The Kier molecular flexibility index (Phi) is 6.42. The lowest BCUT2D eigenvalue weighted by Gasteiger charge is -2.15. The highest BCUT2D eigenvalue weighted by atomic mass is 35.5. The molecule has 27 heavy (non-hydrogen) atoms. The quantitative estimate of drug-likeness (QED) is 0.417. The van der Waals surface area contributed by atoms with Crippen molar-refractivity contribution in [2.75, 3.05) is 13.2 Å². The summed E-state index contributed by atoms with van der Waals surface area (Å²) in [7, 11) is 0. The van der Waals surface area contributed by atoms with Gasteiger partial charge in [0.15, 0.2) is 12.1 Å². The lowest BCUT2D eigenvalue weighted by atomic mass is 10.2. The summed E-state index contributed by atoms with van der Waals surface area (Å²) in [5.74, 6) is -1.09. The minimum Gasteiger partial charge on any atom is -0.482 e. The van der Waals surface area contributed by atoms with Crippen molar-refractivity contribution in [1.29, 1.82) is 0 Å². The minimum absolute atomic E-state index is 0.229. The van der Waals surface area contributed by atoms with E-state index < -0.39 is 53.4 Å². The van der Waals surface area contributed by atoms with Gasteiger partial charge >= 0.3 is 12.1 Å². The van der Waals surface area contributed by atoms with Crippen molar-refractivity contribution >= 4 is 17.6 Å². The van der Waals surface area contributed by atoms with Gasteiger partial charge < -0.3 is 9.47 Å². The minimum atomic E-state index is -4.72. The summed E-state index contributed by atoms with van der Waals surface area (Å²) in [5.41, 5.74) is -4.11. The van der Waals surface area contributed by atoms with Crippen molar-refractivity contribution in [1.82, 2.24) is 9.78 Å². The Morgan fingerprint density at radius 1 is 1.30 bits per heavy atom. The van der Waals surface area contributed by atoms with Crippen LogP contribution in [-0.4, -0.2) is 29.0 Å². The number of hydrogen-bond donors (Lipinski definition) is 0. The van der Waals surface area contributed by atoms with Crippen LogP contribution in [0.4, 0.5) is 17.6 Å². The summed E-state index contributed by atoms with van der Waals surface area (Å²) in [5, 5.41) is 3.38. The molecule has 0 amide bonds. The first-order chi connectivity index (χ1) is 12.6. The Morgan fingerprint density at radius 2 is 1.93 bits per heavy atom. The molecule has 146 valence electrons. The SMILES string of the molecule is Cc1c(C(F)(F)F)cnn(C(Cl)COC(=O)COc2ccc(F)cc2)c1=O. The predicted octanol–water partition coefficient (Wildman–Crippen LogP) is 3.07. The van der Waals surface area contributed by atoms with Gasteiger partial charge in [0.25, 0.3) is 5.56 Å². The first kappa shape index (κ1) is 20.7. The third-order valence-electron chi connectivity index (χ3n) is 3.37. The maximum Gasteiger partial charge on any atom is 0.418 e. The van der Waals surface area contributed by atoms with E-state index >= 15 is 0 Å². The highest BCUT2D eigenvalue weighted by Crippen LogP contribution is 2.29. The van der Waals surface area contributed by atoms with Crippen LogP contribution in [0.25, 0.3) is 0 Å². The van der Waals surface area contributed by atoms with Crippen molar-refractivity contribution < 1.29 is 31.8 Å². The number of nitrogens with zero attached hydrogens (tertiary/aromatic N) is 2. The fourth-order valence-corrected chi connectivity index (χ4v) is 2.19. The largest absolute Gasteiger partial charge is 0.482 e. The van der Waals surface area contributed by atoms with Crippen LogP contribution in [0.2, 0.25) is 0 Å². The molecule has 1 heterocycles. The molecule has 2 aromatic rings. The second-order valence-corrected chi connectivity index (χ2v) is 5.79. The van der Waals surface area contributed by atoms with Crippen LogP contribution in [0.1, 0.15) is 16.6 Å². The Morgan fingerprint density at radius 3 is 2.52 bits per heavy atom. The molecule has 0 fully saturated rings. The normalized spacial score (nSPS) is 12.5. The summed E-state index contributed by atoms with van der Waals surface area (Å²) in [6.07, 6.45) is -4.24. The molecule has 0 saturated heterocycles.